The van der Waals surface area contributed by atoms with Crippen molar-refractivity contribution in [1.29, 1.82) is 0 Å². The van der Waals surface area contributed by atoms with Crippen LogP contribution in [0.25, 0.3) is 0 Å². The number of benzene rings is 1. The molecule has 1 aliphatic carbocycles. The number of hydrogen-bond donors (Lipinski definition) is 1. The SMILES string of the molecule is COc1ccc(C#CCO)cc1COC1CCCCC1. The van der Waals surface area contributed by atoms with Crippen LogP contribution in [0.3, 0.4) is 0 Å². The lowest BCUT2D eigenvalue weighted by atomic mass is 9.98. The maximum absolute atomic E-state index is 8.75. The molecule has 0 amide bonds. The van der Waals surface area contributed by atoms with Gasteiger partial charge in [-0.1, -0.05) is 31.1 Å². The van der Waals surface area contributed by atoms with E-state index in [2.05, 4.69) is 11.8 Å². The zero-order valence-electron chi connectivity index (χ0n) is 12.0. The highest BCUT2D eigenvalue weighted by molar-refractivity contribution is 5.44. The molecule has 1 fully saturated rings. The minimum atomic E-state index is -0.125. The summed E-state index contributed by atoms with van der Waals surface area (Å²) in [7, 11) is 1.67. The number of rotatable bonds is 4. The molecule has 108 valence electrons. The van der Waals surface area contributed by atoms with Crippen LogP contribution in [0.2, 0.25) is 0 Å². The first-order chi connectivity index (χ1) is 9.83. The van der Waals surface area contributed by atoms with Gasteiger partial charge in [-0.05, 0) is 31.0 Å². The largest absolute Gasteiger partial charge is 0.496 e. The molecule has 20 heavy (non-hydrogen) atoms. The fourth-order valence-electron chi connectivity index (χ4n) is 2.55. The molecule has 1 saturated carbocycles. The second-order valence-corrected chi connectivity index (χ2v) is 5.06. The van der Waals surface area contributed by atoms with Gasteiger partial charge in [0, 0.05) is 11.1 Å². The third-order valence-corrected chi connectivity index (χ3v) is 3.62. The molecule has 1 N–H and O–H groups in total. The van der Waals surface area contributed by atoms with Crippen LogP contribution in [0, 0.1) is 11.8 Å². The first-order valence-corrected chi connectivity index (χ1v) is 7.21. The quantitative estimate of drug-likeness (QED) is 0.858. The van der Waals surface area contributed by atoms with Crippen molar-refractivity contribution >= 4 is 0 Å². The number of methoxy groups -OCH3 is 1. The normalized spacial score (nSPS) is 15.5. The van der Waals surface area contributed by atoms with Gasteiger partial charge in [0.1, 0.15) is 12.4 Å². The van der Waals surface area contributed by atoms with Gasteiger partial charge in [-0.2, -0.15) is 0 Å². The maximum atomic E-state index is 8.75. The van der Waals surface area contributed by atoms with Crippen LogP contribution in [-0.4, -0.2) is 24.9 Å². The molecule has 3 heteroatoms. The van der Waals surface area contributed by atoms with E-state index in [-0.39, 0.29) is 6.61 Å². The minimum Gasteiger partial charge on any atom is -0.496 e. The lowest BCUT2D eigenvalue weighted by Gasteiger charge is -2.22. The molecule has 0 unspecified atom stereocenters. The van der Waals surface area contributed by atoms with E-state index in [0.29, 0.717) is 12.7 Å². The molecule has 0 aromatic heterocycles. The van der Waals surface area contributed by atoms with Crippen LogP contribution < -0.4 is 4.74 Å². The fraction of sp³-hybridized carbons (Fsp3) is 0.529. The Morgan fingerprint density at radius 2 is 2.05 bits per heavy atom. The summed E-state index contributed by atoms with van der Waals surface area (Å²) < 4.78 is 11.4. The van der Waals surface area contributed by atoms with E-state index in [1.54, 1.807) is 7.11 Å². The van der Waals surface area contributed by atoms with Crippen molar-refractivity contribution in [2.45, 2.75) is 44.8 Å². The van der Waals surface area contributed by atoms with E-state index in [9.17, 15) is 0 Å². The molecule has 3 nitrogen and oxygen atoms in total. The predicted octanol–water partition coefficient (Wildman–Crippen LogP) is 2.89. The van der Waals surface area contributed by atoms with Crippen molar-refractivity contribution in [2.24, 2.45) is 0 Å². The second kappa shape index (κ2) is 7.94. The summed E-state index contributed by atoms with van der Waals surface area (Å²) in [5.74, 6) is 6.40. The van der Waals surface area contributed by atoms with Gasteiger partial charge >= 0.3 is 0 Å². The topological polar surface area (TPSA) is 38.7 Å². The minimum absolute atomic E-state index is 0.125. The number of hydrogen-bond acceptors (Lipinski definition) is 3. The van der Waals surface area contributed by atoms with E-state index >= 15 is 0 Å². The number of ether oxygens (including phenoxy) is 2. The molecule has 0 aliphatic heterocycles. The van der Waals surface area contributed by atoms with Gasteiger partial charge in [0.25, 0.3) is 0 Å². The van der Waals surface area contributed by atoms with Crippen LogP contribution in [0.1, 0.15) is 43.2 Å². The molecule has 0 radical (unpaired) electrons. The summed E-state index contributed by atoms with van der Waals surface area (Å²) in [5.41, 5.74) is 1.89. The monoisotopic (exact) mass is 274 g/mol. The predicted molar refractivity (Wildman–Crippen MR) is 78.6 cm³/mol. The molecular weight excluding hydrogens is 252 g/mol. The lowest BCUT2D eigenvalue weighted by molar-refractivity contribution is 0.0160. The zero-order chi connectivity index (χ0) is 14.2. The van der Waals surface area contributed by atoms with Gasteiger partial charge in [0.15, 0.2) is 0 Å². The van der Waals surface area contributed by atoms with Gasteiger partial charge in [-0.3, -0.25) is 0 Å². The van der Waals surface area contributed by atoms with Crippen molar-refractivity contribution in [3.05, 3.63) is 29.3 Å². The third kappa shape index (κ3) is 4.26. The molecule has 0 spiro atoms. The number of aliphatic hydroxyl groups excluding tert-OH is 1. The molecule has 2 rings (SSSR count). The summed E-state index contributed by atoms with van der Waals surface area (Å²) in [4.78, 5) is 0. The Kier molecular flexibility index (Phi) is 5.91. The third-order valence-electron chi connectivity index (χ3n) is 3.62. The Morgan fingerprint density at radius 1 is 1.25 bits per heavy atom. The summed E-state index contributed by atoms with van der Waals surface area (Å²) in [5, 5.41) is 8.75. The summed E-state index contributed by atoms with van der Waals surface area (Å²) in [6, 6.07) is 5.77. The summed E-state index contributed by atoms with van der Waals surface area (Å²) >= 11 is 0. The van der Waals surface area contributed by atoms with Crippen LogP contribution in [0.5, 0.6) is 5.75 Å². The molecular formula is C17H22O3. The number of aliphatic hydroxyl groups is 1. The highest BCUT2D eigenvalue weighted by Gasteiger charge is 2.14. The second-order valence-electron chi connectivity index (χ2n) is 5.06. The van der Waals surface area contributed by atoms with Gasteiger partial charge in [-0.15, -0.1) is 0 Å². The van der Waals surface area contributed by atoms with Crippen LogP contribution in [0.15, 0.2) is 18.2 Å². The Hall–Kier alpha value is -1.50. The first kappa shape index (κ1) is 14.9. The summed E-state index contributed by atoms with van der Waals surface area (Å²) in [6.45, 7) is 0.433. The van der Waals surface area contributed by atoms with Crippen LogP contribution in [0.4, 0.5) is 0 Å². The fourth-order valence-corrected chi connectivity index (χ4v) is 2.55. The molecule has 0 saturated heterocycles. The van der Waals surface area contributed by atoms with Gasteiger partial charge in [0.2, 0.25) is 0 Å². The maximum Gasteiger partial charge on any atom is 0.124 e. The Morgan fingerprint density at radius 3 is 2.75 bits per heavy atom. The van der Waals surface area contributed by atoms with Crippen molar-refractivity contribution in [1.82, 2.24) is 0 Å². The first-order valence-electron chi connectivity index (χ1n) is 7.21. The lowest BCUT2D eigenvalue weighted by Crippen LogP contribution is -2.16. The summed E-state index contributed by atoms with van der Waals surface area (Å²) in [6.07, 6.45) is 6.56. The Bertz CT molecular complexity index is 479. The van der Waals surface area contributed by atoms with Gasteiger partial charge in [0.05, 0.1) is 19.8 Å². The van der Waals surface area contributed by atoms with Gasteiger partial charge in [-0.25, -0.2) is 0 Å². The van der Waals surface area contributed by atoms with E-state index < -0.39 is 0 Å². The van der Waals surface area contributed by atoms with E-state index in [1.807, 2.05) is 18.2 Å². The van der Waals surface area contributed by atoms with Gasteiger partial charge < -0.3 is 14.6 Å². The molecule has 0 heterocycles. The molecule has 1 aromatic rings. The standard InChI is InChI=1S/C17H22O3/c1-19-17-10-9-14(6-5-11-18)12-15(17)13-20-16-7-3-2-4-8-16/h9-10,12,16,18H,2-4,7-8,11,13H2,1H3. The van der Waals surface area contributed by atoms with E-state index in [1.165, 1.54) is 19.3 Å². The Balaban J connectivity index is 2.03. The van der Waals surface area contributed by atoms with E-state index in [0.717, 1.165) is 29.7 Å². The van der Waals surface area contributed by atoms with Crippen LogP contribution in [-0.2, 0) is 11.3 Å². The average Bonchev–Trinajstić information content (AvgIpc) is 2.52. The van der Waals surface area contributed by atoms with E-state index in [4.69, 9.17) is 14.6 Å². The van der Waals surface area contributed by atoms with Crippen molar-refractivity contribution in [3.8, 4) is 17.6 Å². The van der Waals surface area contributed by atoms with Crippen molar-refractivity contribution in [2.75, 3.05) is 13.7 Å². The van der Waals surface area contributed by atoms with Crippen molar-refractivity contribution < 1.29 is 14.6 Å². The smallest absolute Gasteiger partial charge is 0.124 e. The average molecular weight is 274 g/mol. The zero-order valence-corrected chi connectivity index (χ0v) is 12.0. The Labute approximate surface area is 120 Å². The molecule has 0 atom stereocenters. The highest BCUT2D eigenvalue weighted by atomic mass is 16.5. The van der Waals surface area contributed by atoms with Crippen molar-refractivity contribution in [3.63, 3.8) is 0 Å². The molecule has 0 bridgehead atoms. The van der Waals surface area contributed by atoms with Crippen LogP contribution >= 0.6 is 0 Å². The highest BCUT2D eigenvalue weighted by Crippen LogP contribution is 2.25. The molecule has 1 aliphatic rings. The molecule has 1 aromatic carbocycles.